The van der Waals surface area contributed by atoms with Crippen LogP contribution in [0.3, 0.4) is 0 Å². The molecule has 0 atom stereocenters. The Morgan fingerprint density at radius 1 is 0.406 bits per heavy atom. The van der Waals surface area contributed by atoms with Crippen molar-refractivity contribution in [1.29, 1.82) is 0 Å². The zero-order valence-electron chi connectivity index (χ0n) is 19.0. The fourth-order valence-electron chi connectivity index (χ4n) is 3.55. The molecule has 12 nitrogen and oxygen atoms in total. The summed E-state index contributed by atoms with van der Waals surface area (Å²) in [6, 6.07) is 0. The van der Waals surface area contributed by atoms with E-state index in [2.05, 4.69) is 19.6 Å². The minimum absolute atomic E-state index is 0.267. The van der Waals surface area contributed by atoms with Gasteiger partial charge in [0.05, 0.1) is 0 Å². The van der Waals surface area contributed by atoms with Crippen LogP contribution < -0.4 is 22.9 Å². The van der Waals surface area contributed by atoms with Crippen molar-refractivity contribution in [3.05, 3.63) is 0 Å². The first kappa shape index (κ1) is 27.8. The second-order valence-electron chi connectivity index (χ2n) is 8.23. The summed E-state index contributed by atoms with van der Waals surface area (Å²) in [5.41, 5.74) is 21.3. The molecule has 8 N–H and O–H groups in total. The number of rotatable bonds is 12. The van der Waals surface area contributed by atoms with E-state index < -0.39 is 0 Å². The highest BCUT2D eigenvalue weighted by Crippen LogP contribution is 2.04. The lowest BCUT2D eigenvalue weighted by molar-refractivity contribution is -0.119. The molecule has 1 saturated heterocycles. The first-order valence-corrected chi connectivity index (χ1v) is 11.2. The number of hydrogen-bond donors (Lipinski definition) is 4. The number of amides is 4. The normalized spacial score (nSPS) is 18.5. The molecule has 0 aromatic heterocycles. The predicted octanol–water partition coefficient (Wildman–Crippen LogP) is -3.29. The van der Waals surface area contributed by atoms with Gasteiger partial charge < -0.3 is 42.5 Å². The summed E-state index contributed by atoms with van der Waals surface area (Å²) >= 11 is 0. The first-order valence-electron chi connectivity index (χ1n) is 11.2. The molecule has 184 valence electrons. The van der Waals surface area contributed by atoms with Crippen LogP contribution >= 0.6 is 0 Å². The average molecular weight is 457 g/mol. The van der Waals surface area contributed by atoms with Crippen LogP contribution in [0.1, 0.15) is 25.7 Å². The maximum atomic E-state index is 11.3. The number of carbonyl (C=O) groups is 4. The molecule has 0 saturated carbocycles. The molecule has 1 rings (SSSR count). The lowest BCUT2D eigenvalue weighted by Crippen LogP contribution is -2.47. The molecule has 0 aliphatic carbocycles. The summed E-state index contributed by atoms with van der Waals surface area (Å²) in [6.45, 7) is 7.84. The fourth-order valence-corrected chi connectivity index (χ4v) is 3.55. The molecular formula is C20H40N8O4. The van der Waals surface area contributed by atoms with E-state index >= 15 is 0 Å². The maximum Gasteiger partial charge on any atom is 0.218 e. The first-order chi connectivity index (χ1) is 15.2. The van der Waals surface area contributed by atoms with Crippen molar-refractivity contribution in [2.75, 3.05) is 78.5 Å². The van der Waals surface area contributed by atoms with Crippen LogP contribution in [-0.2, 0) is 19.2 Å². The summed E-state index contributed by atoms with van der Waals surface area (Å²) in [6.07, 6.45) is 1.07. The summed E-state index contributed by atoms with van der Waals surface area (Å²) < 4.78 is 0. The van der Waals surface area contributed by atoms with Crippen LogP contribution in [-0.4, -0.2) is 122 Å². The molecular weight excluding hydrogens is 416 g/mol. The van der Waals surface area contributed by atoms with E-state index in [4.69, 9.17) is 22.9 Å². The Labute approximate surface area is 190 Å². The molecule has 0 bridgehead atoms. The Morgan fingerprint density at radius 3 is 0.688 bits per heavy atom. The molecule has 0 radical (unpaired) electrons. The predicted molar refractivity (Wildman–Crippen MR) is 121 cm³/mol. The van der Waals surface area contributed by atoms with Crippen LogP contribution in [0, 0.1) is 0 Å². The van der Waals surface area contributed by atoms with Crippen LogP contribution in [0.25, 0.3) is 0 Å². The molecule has 1 aliphatic rings. The highest BCUT2D eigenvalue weighted by Gasteiger charge is 2.18. The van der Waals surface area contributed by atoms with Gasteiger partial charge in [0.15, 0.2) is 0 Å². The molecule has 1 aliphatic heterocycles. The van der Waals surface area contributed by atoms with Gasteiger partial charge in [0.2, 0.25) is 23.6 Å². The molecule has 0 aromatic rings. The lowest BCUT2D eigenvalue weighted by atomic mass is 10.2. The molecule has 1 fully saturated rings. The minimum atomic E-state index is -0.350. The number of nitrogens with two attached hydrogens (primary N) is 4. The van der Waals surface area contributed by atoms with Crippen LogP contribution in [0.2, 0.25) is 0 Å². The topological polar surface area (TPSA) is 185 Å². The summed E-state index contributed by atoms with van der Waals surface area (Å²) in [7, 11) is 0. The zero-order valence-corrected chi connectivity index (χ0v) is 19.0. The van der Waals surface area contributed by atoms with Crippen LogP contribution in [0.15, 0.2) is 0 Å². The van der Waals surface area contributed by atoms with Gasteiger partial charge in [-0.3, -0.25) is 19.2 Å². The molecule has 0 aromatic carbocycles. The number of hydrogen-bond acceptors (Lipinski definition) is 8. The van der Waals surface area contributed by atoms with E-state index in [0.717, 1.165) is 0 Å². The fraction of sp³-hybridized carbons (Fsp3) is 0.800. The summed E-state index contributed by atoms with van der Waals surface area (Å²) in [5.74, 6) is -1.40. The third-order valence-electron chi connectivity index (χ3n) is 5.63. The zero-order chi connectivity index (χ0) is 23.9. The molecule has 1 heterocycles. The Bertz CT molecular complexity index is 498. The second kappa shape index (κ2) is 15.5. The molecule has 0 spiro atoms. The Morgan fingerprint density at radius 2 is 0.562 bits per heavy atom. The number of carbonyl (C=O) groups excluding carboxylic acids is 4. The van der Waals surface area contributed by atoms with Crippen molar-refractivity contribution in [1.82, 2.24) is 19.6 Å². The highest BCUT2D eigenvalue weighted by atomic mass is 16.2. The van der Waals surface area contributed by atoms with Gasteiger partial charge in [-0.15, -0.1) is 0 Å². The third-order valence-corrected chi connectivity index (χ3v) is 5.63. The summed E-state index contributed by atoms with van der Waals surface area (Å²) in [5, 5.41) is 0. The second-order valence-corrected chi connectivity index (χ2v) is 8.23. The molecule has 4 amide bonds. The van der Waals surface area contributed by atoms with Crippen molar-refractivity contribution in [2.45, 2.75) is 25.7 Å². The van der Waals surface area contributed by atoms with Gasteiger partial charge >= 0.3 is 0 Å². The van der Waals surface area contributed by atoms with E-state index in [1.165, 1.54) is 0 Å². The van der Waals surface area contributed by atoms with Gasteiger partial charge in [0.1, 0.15) is 0 Å². The van der Waals surface area contributed by atoms with Crippen molar-refractivity contribution >= 4 is 23.6 Å². The van der Waals surface area contributed by atoms with Gasteiger partial charge in [0, 0.05) is 104 Å². The van der Waals surface area contributed by atoms with Crippen molar-refractivity contribution in [3.8, 4) is 0 Å². The Hall–Kier alpha value is -2.28. The van der Waals surface area contributed by atoms with Crippen molar-refractivity contribution < 1.29 is 19.2 Å². The van der Waals surface area contributed by atoms with E-state index in [9.17, 15) is 19.2 Å². The van der Waals surface area contributed by atoms with Gasteiger partial charge in [-0.25, -0.2) is 0 Å². The van der Waals surface area contributed by atoms with E-state index in [1.54, 1.807) is 0 Å². The van der Waals surface area contributed by atoms with Gasteiger partial charge in [-0.1, -0.05) is 0 Å². The van der Waals surface area contributed by atoms with Gasteiger partial charge in [-0.2, -0.15) is 0 Å². The molecule has 0 unspecified atom stereocenters. The lowest BCUT2D eigenvalue weighted by Gasteiger charge is -2.34. The number of nitrogens with zero attached hydrogens (tertiary/aromatic N) is 4. The van der Waals surface area contributed by atoms with E-state index in [0.29, 0.717) is 78.5 Å². The molecule has 32 heavy (non-hydrogen) atoms. The third kappa shape index (κ3) is 13.9. The highest BCUT2D eigenvalue weighted by molar-refractivity contribution is 5.74. The Balaban J connectivity index is 2.88. The Kier molecular flexibility index (Phi) is 13.5. The average Bonchev–Trinajstić information content (AvgIpc) is 2.70. The van der Waals surface area contributed by atoms with Crippen molar-refractivity contribution in [2.24, 2.45) is 22.9 Å². The SMILES string of the molecule is NC(=O)CCN1CCN(CCC(N)=O)CCN(CCC(N)=O)CCN(CCC(N)=O)CC1. The van der Waals surface area contributed by atoms with E-state index in [-0.39, 0.29) is 49.3 Å². The van der Waals surface area contributed by atoms with Crippen LogP contribution in [0.4, 0.5) is 0 Å². The summed E-state index contributed by atoms with van der Waals surface area (Å²) in [4.78, 5) is 53.8. The minimum Gasteiger partial charge on any atom is -0.370 e. The monoisotopic (exact) mass is 456 g/mol. The van der Waals surface area contributed by atoms with E-state index in [1.807, 2.05) is 0 Å². The van der Waals surface area contributed by atoms with Crippen molar-refractivity contribution in [3.63, 3.8) is 0 Å². The van der Waals surface area contributed by atoms with Crippen LogP contribution in [0.5, 0.6) is 0 Å². The van der Waals surface area contributed by atoms with Gasteiger partial charge in [0.25, 0.3) is 0 Å². The number of primary amides is 4. The van der Waals surface area contributed by atoms with Gasteiger partial charge in [-0.05, 0) is 0 Å². The smallest absolute Gasteiger partial charge is 0.218 e. The molecule has 12 heteroatoms. The maximum absolute atomic E-state index is 11.3. The standard InChI is InChI=1S/C20H40N8O4/c21-17(29)1-5-25-9-11-26(6-2-18(22)30)13-15-28(8-4-20(24)32)16-14-27(12-10-25)7-3-19(23)31/h1-16H2,(H2,21,29)(H2,22,30)(H2,23,31)(H2,24,32). The largest absolute Gasteiger partial charge is 0.370 e. The quantitative estimate of drug-likeness (QED) is 0.235.